The van der Waals surface area contributed by atoms with Crippen LogP contribution in [-0.2, 0) is 13.1 Å². The van der Waals surface area contributed by atoms with Crippen molar-refractivity contribution in [2.75, 3.05) is 10.6 Å². The lowest BCUT2D eigenvalue weighted by atomic mass is 9.93. The van der Waals surface area contributed by atoms with Gasteiger partial charge in [0.25, 0.3) is 11.8 Å². The van der Waals surface area contributed by atoms with Gasteiger partial charge in [0, 0.05) is 48.9 Å². The molecule has 0 saturated heterocycles. The monoisotopic (exact) mass is 704 g/mol. The number of nitrogens with one attached hydrogen (secondary N) is 4. The van der Waals surface area contributed by atoms with Crippen LogP contribution in [0.2, 0.25) is 0 Å². The van der Waals surface area contributed by atoms with Crippen molar-refractivity contribution in [3.8, 4) is 11.1 Å². The van der Waals surface area contributed by atoms with E-state index in [2.05, 4.69) is 31.2 Å². The Labute approximate surface area is 306 Å². The Bertz CT molecular complexity index is 1760. The molecule has 0 atom stereocenters. The Kier molecular flexibility index (Phi) is 12.1. The van der Waals surface area contributed by atoms with Crippen LogP contribution in [0.25, 0.3) is 11.1 Å². The van der Waals surface area contributed by atoms with Gasteiger partial charge in [0.05, 0.1) is 12.2 Å². The lowest BCUT2D eigenvalue weighted by Crippen LogP contribution is -2.34. The fourth-order valence-electron chi connectivity index (χ4n) is 7.35. The number of carbonyl (C=O) groups excluding carboxylic acids is 2. The van der Waals surface area contributed by atoms with E-state index in [4.69, 9.17) is 0 Å². The highest BCUT2D eigenvalue weighted by Gasteiger charge is 2.21. The van der Waals surface area contributed by atoms with Gasteiger partial charge in [-0.2, -0.15) is 0 Å². The van der Waals surface area contributed by atoms with E-state index in [1.807, 2.05) is 76.2 Å². The number of aromatic nitrogens is 2. The van der Waals surface area contributed by atoms with Crippen molar-refractivity contribution in [2.45, 2.75) is 116 Å². The molecule has 2 heterocycles. The summed E-state index contributed by atoms with van der Waals surface area (Å²) in [5.74, 6) is -0.555. The van der Waals surface area contributed by atoms with Gasteiger partial charge in [0.2, 0.25) is 0 Å². The molecule has 2 aliphatic rings. The molecular weight excluding hydrogens is 652 g/mol. The molecule has 0 radical (unpaired) electrons. The largest absolute Gasteiger partial charge is 0.393 e. The molecule has 2 amide bonds. The summed E-state index contributed by atoms with van der Waals surface area (Å²) in [4.78, 5) is 35.7. The number of aryl methyl sites for hydroxylation is 2. The molecule has 274 valence electrons. The summed E-state index contributed by atoms with van der Waals surface area (Å²) in [6.45, 7) is 9.31. The number of benzene rings is 2. The predicted molar refractivity (Wildman–Crippen MR) is 205 cm³/mol. The summed E-state index contributed by atoms with van der Waals surface area (Å²) in [5, 5.41) is 32.8. The normalized spacial score (nSPS) is 20.3. The third kappa shape index (κ3) is 9.11. The molecule has 6 rings (SSSR count). The number of hydrogen-bond acceptors (Lipinski definition) is 8. The first kappa shape index (κ1) is 37.3. The number of aliphatic hydroxyl groups excluding tert-OH is 2. The topological polar surface area (TPSA) is 148 Å². The van der Waals surface area contributed by atoms with E-state index in [0.717, 1.165) is 95.9 Å². The predicted octanol–water partition coefficient (Wildman–Crippen LogP) is 6.67. The van der Waals surface area contributed by atoms with Gasteiger partial charge in [-0.25, -0.2) is 0 Å². The molecule has 2 aromatic heterocycles. The highest BCUT2D eigenvalue weighted by molar-refractivity contribution is 6.05. The van der Waals surface area contributed by atoms with Gasteiger partial charge in [-0.15, -0.1) is 0 Å². The number of rotatable bonds is 11. The Morgan fingerprint density at radius 2 is 1.00 bits per heavy atom. The Balaban J connectivity index is 1.09. The summed E-state index contributed by atoms with van der Waals surface area (Å²) in [5.41, 5.74) is 9.90. The van der Waals surface area contributed by atoms with Gasteiger partial charge in [-0.1, -0.05) is 24.3 Å². The van der Waals surface area contributed by atoms with E-state index in [1.165, 1.54) is 0 Å². The van der Waals surface area contributed by atoms with Crippen molar-refractivity contribution in [1.82, 2.24) is 20.6 Å². The Morgan fingerprint density at radius 1 is 0.615 bits per heavy atom. The van der Waals surface area contributed by atoms with Crippen LogP contribution >= 0.6 is 0 Å². The molecule has 52 heavy (non-hydrogen) atoms. The third-order valence-electron chi connectivity index (χ3n) is 10.9. The van der Waals surface area contributed by atoms with Gasteiger partial charge in [-0.3, -0.25) is 19.6 Å². The molecule has 2 saturated carbocycles. The maximum Gasteiger partial charge on any atom is 0.274 e. The number of amides is 2. The molecule has 10 nitrogen and oxygen atoms in total. The lowest BCUT2D eigenvalue weighted by molar-refractivity contribution is 0.101. The molecule has 0 spiro atoms. The molecule has 0 bridgehead atoms. The SMILES string of the molecule is Cc1cc(C(=O)Nc2cccc(-c3cccc(NC(=O)c4cc(C)c(CNC5CCC(O)CC5)cn4)c3C)c2C)ncc1CNC1CCC(O)CC1. The number of pyridine rings is 2. The zero-order chi connectivity index (χ0) is 36.8. The first-order chi connectivity index (χ1) is 25.0. The van der Waals surface area contributed by atoms with E-state index >= 15 is 0 Å². The maximum atomic E-state index is 13.4. The van der Waals surface area contributed by atoms with Gasteiger partial charge < -0.3 is 31.5 Å². The van der Waals surface area contributed by atoms with Crippen LogP contribution in [0.5, 0.6) is 0 Å². The van der Waals surface area contributed by atoms with Crippen LogP contribution in [-0.4, -0.2) is 56.3 Å². The summed E-state index contributed by atoms with van der Waals surface area (Å²) in [7, 11) is 0. The quantitative estimate of drug-likeness (QED) is 0.102. The molecule has 2 aromatic carbocycles. The molecular formula is C42H52N6O4. The molecule has 0 unspecified atom stereocenters. The minimum absolute atomic E-state index is 0.181. The Morgan fingerprint density at radius 3 is 1.37 bits per heavy atom. The van der Waals surface area contributed by atoms with E-state index in [0.29, 0.717) is 47.9 Å². The van der Waals surface area contributed by atoms with E-state index < -0.39 is 0 Å². The second kappa shape index (κ2) is 16.9. The minimum Gasteiger partial charge on any atom is -0.393 e. The zero-order valence-electron chi connectivity index (χ0n) is 30.8. The number of anilines is 2. The lowest BCUT2D eigenvalue weighted by Gasteiger charge is -2.26. The van der Waals surface area contributed by atoms with Crippen LogP contribution < -0.4 is 21.3 Å². The van der Waals surface area contributed by atoms with Gasteiger partial charge in [0.1, 0.15) is 11.4 Å². The highest BCUT2D eigenvalue weighted by Crippen LogP contribution is 2.34. The fourth-order valence-corrected chi connectivity index (χ4v) is 7.35. The highest BCUT2D eigenvalue weighted by atomic mass is 16.3. The average Bonchev–Trinajstić information content (AvgIpc) is 3.13. The van der Waals surface area contributed by atoms with Crippen LogP contribution in [0.3, 0.4) is 0 Å². The van der Waals surface area contributed by atoms with Crippen molar-refractivity contribution < 1.29 is 19.8 Å². The van der Waals surface area contributed by atoms with Crippen molar-refractivity contribution in [3.63, 3.8) is 0 Å². The number of carbonyl (C=O) groups is 2. The second-order valence-corrected chi connectivity index (χ2v) is 14.6. The molecule has 6 N–H and O–H groups in total. The molecule has 2 aliphatic carbocycles. The second-order valence-electron chi connectivity index (χ2n) is 14.6. The number of hydrogen-bond donors (Lipinski definition) is 6. The number of nitrogens with zero attached hydrogens (tertiary/aromatic N) is 2. The molecule has 2 fully saturated rings. The van der Waals surface area contributed by atoms with Crippen LogP contribution in [0.15, 0.2) is 60.9 Å². The Hall–Kier alpha value is -4.48. The van der Waals surface area contributed by atoms with Gasteiger partial charge in [-0.05, 0) is 148 Å². The van der Waals surface area contributed by atoms with Crippen LogP contribution in [0.1, 0.15) is 106 Å². The molecule has 10 heteroatoms. The minimum atomic E-state index is -0.278. The van der Waals surface area contributed by atoms with Gasteiger partial charge >= 0.3 is 0 Å². The summed E-state index contributed by atoms with van der Waals surface area (Å²) in [6.07, 6.45) is 10.4. The smallest absolute Gasteiger partial charge is 0.274 e. The van der Waals surface area contributed by atoms with E-state index in [1.54, 1.807) is 12.4 Å². The summed E-state index contributed by atoms with van der Waals surface area (Å²) in [6, 6.07) is 16.1. The van der Waals surface area contributed by atoms with Crippen molar-refractivity contribution >= 4 is 23.2 Å². The summed E-state index contributed by atoms with van der Waals surface area (Å²) >= 11 is 0. The van der Waals surface area contributed by atoms with Crippen LogP contribution in [0.4, 0.5) is 11.4 Å². The fraction of sp³-hybridized carbons (Fsp3) is 0.429. The van der Waals surface area contributed by atoms with Crippen molar-refractivity contribution in [2.24, 2.45) is 0 Å². The van der Waals surface area contributed by atoms with Crippen LogP contribution in [0, 0.1) is 27.7 Å². The first-order valence-corrected chi connectivity index (χ1v) is 18.6. The average molecular weight is 705 g/mol. The van der Waals surface area contributed by atoms with Gasteiger partial charge in [0.15, 0.2) is 0 Å². The standard InChI is InChI=1S/C42H52N6O4/c1-25-19-39(45-23-29(25)21-43-31-11-15-33(49)16-12-31)41(51)47-37-9-5-7-35(27(37)3)36-8-6-10-38(28(36)4)48-42(52)40-20-26(2)30(24-46-40)22-44-32-13-17-34(50)18-14-32/h5-10,19-20,23-24,31-34,43-44,49-50H,11-18,21-22H2,1-4H3,(H,47,51)(H,48,52). The third-order valence-corrected chi connectivity index (χ3v) is 10.9. The van der Waals surface area contributed by atoms with E-state index in [-0.39, 0.29) is 24.0 Å². The van der Waals surface area contributed by atoms with Crippen molar-refractivity contribution in [3.05, 3.63) is 106 Å². The zero-order valence-corrected chi connectivity index (χ0v) is 30.8. The van der Waals surface area contributed by atoms with E-state index in [9.17, 15) is 19.8 Å². The maximum absolute atomic E-state index is 13.4. The molecule has 0 aliphatic heterocycles. The number of aliphatic hydroxyl groups is 2. The summed E-state index contributed by atoms with van der Waals surface area (Å²) < 4.78 is 0. The first-order valence-electron chi connectivity index (χ1n) is 18.6. The molecule has 4 aromatic rings. The van der Waals surface area contributed by atoms with Crippen molar-refractivity contribution in [1.29, 1.82) is 0 Å².